The van der Waals surface area contributed by atoms with Gasteiger partial charge in [-0.25, -0.2) is 23.4 Å². The van der Waals surface area contributed by atoms with Crippen LogP contribution in [0.15, 0.2) is 77.3 Å². The van der Waals surface area contributed by atoms with E-state index in [4.69, 9.17) is 21.6 Å². The largest absolute Gasteiger partial charge is 0.350 e. The molecule has 0 saturated carbocycles. The van der Waals surface area contributed by atoms with Crippen LogP contribution >= 0.6 is 22.9 Å². The van der Waals surface area contributed by atoms with Gasteiger partial charge >= 0.3 is 0 Å². The third kappa shape index (κ3) is 5.74. The Bertz CT molecular complexity index is 1860. The normalized spacial score (nSPS) is 16.0. The number of nitrogens with one attached hydrogen (secondary N) is 2. The number of halogens is 1. The van der Waals surface area contributed by atoms with Gasteiger partial charge in [-0.05, 0) is 55.3 Å². The minimum Gasteiger partial charge on any atom is -0.350 e. The van der Waals surface area contributed by atoms with Gasteiger partial charge in [-0.2, -0.15) is 4.31 Å². The molecule has 42 heavy (non-hydrogen) atoms. The third-order valence-electron chi connectivity index (χ3n) is 6.98. The Kier molecular flexibility index (Phi) is 7.92. The number of anilines is 2. The molecule has 0 unspecified atom stereocenters. The number of rotatable bonds is 8. The molecule has 1 aliphatic heterocycles. The number of benzene rings is 2. The minimum atomic E-state index is -3.66. The van der Waals surface area contributed by atoms with Gasteiger partial charge in [0.15, 0.2) is 11.5 Å². The van der Waals surface area contributed by atoms with E-state index < -0.39 is 10.0 Å². The number of fused-ring (bicyclic) bond motifs is 1. The highest BCUT2D eigenvalue weighted by Gasteiger charge is 2.31. The highest BCUT2D eigenvalue weighted by Crippen LogP contribution is 2.35. The quantitative estimate of drug-likeness (QED) is 0.239. The van der Waals surface area contributed by atoms with E-state index in [0.717, 1.165) is 28.3 Å². The summed E-state index contributed by atoms with van der Waals surface area (Å²) in [5.74, 6) is 0.225. The maximum Gasteiger partial charge on any atom is 0.279 e. The molecule has 5 aromatic rings. The Morgan fingerprint density at radius 3 is 2.79 bits per heavy atom. The lowest BCUT2D eigenvalue weighted by Crippen LogP contribution is -2.55. The van der Waals surface area contributed by atoms with Gasteiger partial charge in [0.1, 0.15) is 5.69 Å². The number of quaternary nitrogens is 1. The van der Waals surface area contributed by atoms with E-state index >= 15 is 0 Å². The minimum absolute atomic E-state index is 0.137. The van der Waals surface area contributed by atoms with Crippen LogP contribution in [0.4, 0.5) is 11.6 Å². The summed E-state index contributed by atoms with van der Waals surface area (Å²) >= 11 is 7.47. The van der Waals surface area contributed by atoms with E-state index in [0.29, 0.717) is 35.3 Å². The summed E-state index contributed by atoms with van der Waals surface area (Å²) in [6.45, 7) is 0.864. The van der Waals surface area contributed by atoms with Crippen molar-refractivity contribution in [2.45, 2.75) is 23.8 Å². The summed E-state index contributed by atoms with van der Waals surface area (Å²) in [5.41, 5.74) is 7.28. The van der Waals surface area contributed by atoms with Crippen LogP contribution in [-0.2, 0) is 14.8 Å². The maximum atomic E-state index is 13.3. The fourth-order valence-corrected chi connectivity index (χ4v) is 7.34. The number of hydrogen-bond donors (Lipinski definition) is 3. The van der Waals surface area contributed by atoms with Crippen molar-refractivity contribution < 1.29 is 18.9 Å². The van der Waals surface area contributed by atoms with Crippen molar-refractivity contribution in [3.63, 3.8) is 0 Å². The molecule has 0 aliphatic carbocycles. The van der Waals surface area contributed by atoms with Crippen molar-refractivity contribution in [1.29, 1.82) is 0 Å². The number of aromatic nitrogens is 4. The van der Waals surface area contributed by atoms with Crippen molar-refractivity contribution in [2.75, 3.05) is 30.3 Å². The molecule has 2 aromatic carbocycles. The Hall–Kier alpha value is -3.88. The number of sulfonamides is 1. The SMILES string of the molecule is [NH3+]CC(=O)Nc1cccc(-c2nc3sccn3c2-c2ccnc(N[C@@H]3CCCN(S(=O)(=O)c4ccc(Cl)cc4)C3)n2)c1. The first-order chi connectivity index (χ1) is 20.3. The first-order valence-electron chi connectivity index (χ1n) is 13.3. The van der Waals surface area contributed by atoms with E-state index in [1.807, 2.05) is 46.3 Å². The molecule has 1 saturated heterocycles. The molecule has 4 heterocycles. The summed E-state index contributed by atoms with van der Waals surface area (Å²) in [6.07, 6.45) is 5.10. The zero-order chi connectivity index (χ0) is 29.3. The van der Waals surface area contributed by atoms with E-state index in [2.05, 4.69) is 21.4 Å². The van der Waals surface area contributed by atoms with Crippen LogP contribution in [0.25, 0.3) is 27.6 Å². The summed E-state index contributed by atoms with van der Waals surface area (Å²) < 4.78 is 30.0. The first-order valence-corrected chi connectivity index (χ1v) is 16.0. The van der Waals surface area contributed by atoms with E-state index in [1.54, 1.807) is 18.3 Å². The summed E-state index contributed by atoms with van der Waals surface area (Å²) in [6, 6.07) is 15.4. The lowest BCUT2D eigenvalue weighted by atomic mass is 10.1. The lowest BCUT2D eigenvalue weighted by molar-refractivity contribution is -0.353. The van der Waals surface area contributed by atoms with Crippen LogP contribution in [0.5, 0.6) is 0 Å². The topological polar surface area (TPSA) is 149 Å². The van der Waals surface area contributed by atoms with Crippen LogP contribution in [0.3, 0.4) is 0 Å². The number of carbonyl (C=O) groups is 1. The molecular formula is C28H28ClN8O3S2+. The standard InChI is InChI=1S/C28H27ClN8O3S2/c29-19-6-8-22(9-7-19)42(39,40)36-12-2-5-21(17-36)33-27-31-11-10-23(34-27)26-25(35-28-37(26)13-14-41-28)18-3-1-4-20(15-18)32-24(38)16-30/h1,3-4,6-11,13-15,21H,2,5,12,16-17,30H2,(H,32,38)(H,31,33,34)/p+1/t21-/m1/s1. The second-order valence-electron chi connectivity index (χ2n) is 9.81. The van der Waals surface area contributed by atoms with Crippen LogP contribution in [0.2, 0.25) is 5.02 Å². The van der Waals surface area contributed by atoms with Crippen molar-refractivity contribution in [3.05, 3.63) is 77.4 Å². The van der Waals surface area contributed by atoms with Crippen molar-refractivity contribution >= 4 is 55.5 Å². The van der Waals surface area contributed by atoms with E-state index in [9.17, 15) is 13.2 Å². The molecule has 5 N–H and O–H groups in total. The zero-order valence-electron chi connectivity index (χ0n) is 22.4. The van der Waals surface area contributed by atoms with Crippen LogP contribution in [-0.4, -0.2) is 63.7 Å². The lowest BCUT2D eigenvalue weighted by Gasteiger charge is -2.32. The van der Waals surface area contributed by atoms with Crippen molar-refractivity contribution in [2.24, 2.45) is 0 Å². The highest BCUT2D eigenvalue weighted by molar-refractivity contribution is 7.89. The number of thiazole rings is 1. The molecule has 1 amide bonds. The van der Waals surface area contributed by atoms with Gasteiger partial charge in [0.05, 0.1) is 16.3 Å². The fourth-order valence-electron chi connectivity index (χ4n) is 4.98. The number of piperidine rings is 1. The van der Waals surface area contributed by atoms with E-state index in [1.165, 1.54) is 27.8 Å². The Labute approximate surface area is 251 Å². The predicted molar refractivity (Wildman–Crippen MR) is 163 cm³/mol. The molecule has 3 aromatic heterocycles. The average molecular weight is 624 g/mol. The molecule has 1 aliphatic rings. The van der Waals surface area contributed by atoms with Gasteiger partial charge in [0, 0.05) is 53.2 Å². The predicted octanol–water partition coefficient (Wildman–Crippen LogP) is 3.62. The number of imidazole rings is 1. The fraction of sp³-hybridized carbons (Fsp3) is 0.214. The maximum absolute atomic E-state index is 13.3. The number of nitrogens with zero attached hydrogens (tertiary/aromatic N) is 5. The van der Waals surface area contributed by atoms with Crippen LogP contribution in [0, 0.1) is 0 Å². The molecule has 1 atom stereocenters. The highest BCUT2D eigenvalue weighted by atomic mass is 35.5. The second-order valence-corrected chi connectivity index (χ2v) is 13.1. The molecule has 11 nitrogen and oxygen atoms in total. The zero-order valence-corrected chi connectivity index (χ0v) is 24.8. The molecule has 0 radical (unpaired) electrons. The summed E-state index contributed by atoms with van der Waals surface area (Å²) in [7, 11) is -3.66. The molecule has 6 rings (SSSR count). The van der Waals surface area contributed by atoms with Gasteiger partial charge in [-0.3, -0.25) is 9.20 Å². The monoisotopic (exact) mass is 623 g/mol. The van der Waals surface area contributed by atoms with Gasteiger partial charge in [-0.1, -0.05) is 23.7 Å². The summed E-state index contributed by atoms with van der Waals surface area (Å²) in [4.78, 5) is 27.1. The van der Waals surface area contributed by atoms with Crippen LogP contribution in [0.1, 0.15) is 12.8 Å². The van der Waals surface area contributed by atoms with E-state index in [-0.39, 0.29) is 29.9 Å². The number of hydrogen-bond acceptors (Lipinski definition) is 8. The molecule has 1 fully saturated rings. The number of amides is 1. The molecule has 0 bridgehead atoms. The van der Waals surface area contributed by atoms with Crippen molar-refractivity contribution in [1.82, 2.24) is 23.7 Å². The van der Waals surface area contributed by atoms with Gasteiger partial charge < -0.3 is 16.4 Å². The molecule has 14 heteroatoms. The van der Waals surface area contributed by atoms with Gasteiger partial charge in [0.2, 0.25) is 16.0 Å². The average Bonchev–Trinajstić information content (AvgIpc) is 3.60. The first kappa shape index (κ1) is 28.2. The van der Waals surface area contributed by atoms with Crippen LogP contribution < -0.4 is 16.4 Å². The Morgan fingerprint density at radius 1 is 1.14 bits per heavy atom. The Balaban J connectivity index is 1.27. The second kappa shape index (κ2) is 11.8. The number of carbonyl (C=O) groups excluding carboxylic acids is 1. The molecule has 0 spiro atoms. The smallest absolute Gasteiger partial charge is 0.279 e. The van der Waals surface area contributed by atoms with Crippen molar-refractivity contribution in [3.8, 4) is 22.6 Å². The third-order valence-corrected chi connectivity index (χ3v) is 9.86. The van der Waals surface area contributed by atoms with Gasteiger partial charge in [-0.15, -0.1) is 11.3 Å². The summed E-state index contributed by atoms with van der Waals surface area (Å²) in [5, 5.41) is 8.64. The Morgan fingerprint density at radius 2 is 1.98 bits per heavy atom. The molecular weight excluding hydrogens is 596 g/mol. The molecule has 216 valence electrons. The van der Waals surface area contributed by atoms with Gasteiger partial charge in [0.25, 0.3) is 5.91 Å².